The van der Waals surface area contributed by atoms with Gasteiger partial charge in [0.15, 0.2) is 0 Å². The molecule has 0 unspecified atom stereocenters. The lowest BCUT2D eigenvalue weighted by Gasteiger charge is -2.39. The number of halogens is 2. The fourth-order valence-corrected chi connectivity index (χ4v) is 4.13. The molecule has 1 saturated heterocycles. The predicted molar refractivity (Wildman–Crippen MR) is 84.9 cm³/mol. The highest BCUT2D eigenvalue weighted by atomic mass is 79.9. The zero-order chi connectivity index (χ0) is 14.8. The fraction of sp³-hybridized carbons (Fsp3) is 0.625. The van der Waals surface area contributed by atoms with Gasteiger partial charge in [0.2, 0.25) is 0 Å². The van der Waals surface area contributed by atoms with Gasteiger partial charge < -0.3 is 10.4 Å². The summed E-state index contributed by atoms with van der Waals surface area (Å²) < 4.78 is 15.0. The maximum Gasteiger partial charge on any atom is 0.137 e. The number of phenols is 1. The van der Waals surface area contributed by atoms with Crippen LogP contribution in [-0.2, 0) is 0 Å². The van der Waals surface area contributed by atoms with Crippen LogP contribution in [0.15, 0.2) is 16.6 Å². The largest absolute Gasteiger partial charge is 0.506 e. The van der Waals surface area contributed by atoms with Gasteiger partial charge in [0, 0.05) is 37.8 Å². The molecular weight excluding hydrogens is 335 g/mol. The van der Waals surface area contributed by atoms with Crippen molar-refractivity contribution in [3.05, 3.63) is 28.0 Å². The van der Waals surface area contributed by atoms with Crippen molar-refractivity contribution in [1.82, 2.24) is 10.2 Å². The second-order valence-corrected chi connectivity index (χ2v) is 6.92. The zero-order valence-electron chi connectivity index (χ0n) is 12.1. The van der Waals surface area contributed by atoms with E-state index in [1.54, 1.807) is 6.07 Å². The van der Waals surface area contributed by atoms with Crippen LogP contribution in [0.2, 0.25) is 0 Å². The van der Waals surface area contributed by atoms with Crippen LogP contribution in [0, 0.1) is 11.7 Å². The number of aromatic hydroxyl groups is 1. The highest BCUT2D eigenvalue weighted by Gasteiger charge is 2.35. The lowest BCUT2D eigenvalue weighted by atomic mass is 9.88. The number of benzene rings is 1. The van der Waals surface area contributed by atoms with Crippen LogP contribution in [0.5, 0.6) is 5.75 Å². The number of hydrogen-bond donors (Lipinski definition) is 2. The minimum Gasteiger partial charge on any atom is -0.506 e. The molecule has 1 atom stereocenters. The van der Waals surface area contributed by atoms with E-state index in [0.29, 0.717) is 16.0 Å². The van der Waals surface area contributed by atoms with Gasteiger partial charge in [-0.3, -0.25) is 4.90 Å². The number of rotatable bonds is 3. The predicted octanol–water partition coefficient (Wildman–Crippen LogP) is 3.43. The van der Waals surface area contributed by atoms with Crippen molar-refractivity contribution < 1.29 is 9.50 Å². The molecular formula is C16H22BrFN2O. The molecule has 0 amide bonds. The van der Waals surface area contributed by atoms with Crippen LogP contribution in [0.3, 0.4) is 0 Å². The van der Waals surface area contributed by atoms with E-state index in [1.165, 1.54) is 18.9 Å². The topological polar surface area (TPSA) is 35.5 Å². The molecule has 0 radical (unpaired) electrons. The molecule has 5 heteroatoms. The van der Waals surface area contributed by atoms with E-state index in [0.717, 1.165) is 39.0 Å². The number of phenolic OH excluding ortho intramolecular Hbond substituents is 1. The molecule has 2 fully saturated rings. The second kappa shape index (κ2) is 6.63. The summed E-state index contributed by atoms with van der Waals surface area (Å²) in [6.45, 7) is 3.68. The average Bonchev–Trinajstić information content (AvgIpc) is 3.02. The van der Waals surface area contributed by atoms with Crippen LogP contribution in [0.4, 0.5) is 4.39 Å². The first-order chi connectivity index (χ1) is 10.2. The summed E-state index contributed by atoms with van der Waals surface area (Å²) in [5.74, 6) is 0.231. The molecule has 1 aromatic rings. The van der Waals surface area contributed by atoms with Gasteiger partial charge in [-0.1, -0.05) is 12.8 Å². The van der Waals surface area contributed by atoms with Gasteiger partial charge in [-0.2, -0.15) is 0 Å². The lowest BCUT2D eigenvalue weighted by molar-refractivity contribution is 0.120. The van der Waals surface area contributed by atoms with Crippen molar-refractivity contribution in [2.45, 2.75) is 31.7 Å². The third kappa shape index (κ3) is 3.10. The van der Waals surface area contributed by atoms with Gasteiger partial charge in [0.25, 0.3) is 0 Å². The van der Waals surface area contributed by atoms with E-state index in [2.05, 4.69) is 26.1 Å². The van der Waals surface area contributed by atoms with Crippen molar-refractivity contribution in [1.29, 1.82) is 0 Å². The first-order valence-electron chi connectivity index (χ1n) is 7.80. The molecule has 1 saturated carbocycles. The molecule has 0 bridgehead atoms. The maximum atomic E-state index is 14.5. The Morgan fingerprint density at radius 2 is 1.90 bits per heavy atom. The third-order valence-corrected chi connectivity index (χ3v) is 5.44. The summed E-state index contributed by atoms with van der Waals surface area (Å²) in [5.41, 5.74) is 0.484. The standard InChI is InChI=1S/C16H22BrFN2O/c17-12-5-6-13(18)14(16(12)21)15(11-3-1-2-4-11)20-9-7-19-8-10-20/h5-6,11,15,19,21H,1-4,7-10H2/t15-/m1/s1. The first kappa shape index (κ1) is 15.3. The first-order valence-corrected chi connectivity index (χ1v) is 8.59. The molecule has 1 aliphatic carbocycles. The van der Waals surface area contributed by atoms with E-state index in [-0.39, 0.29) is 17.6 Å². The highest BCUT2D eigenvalue weighted by molar-refractivity contribution is 9.10. The molecule has 1 aromatic carbocycles. The minimum absolute atomic E-state index is 0.00731. The molecule has 2 aliphatic rings. The van der Waals surface area contributed by atoms with Crippen LogP contribution < -0.4 is 5.32 Å². The number of piperazine rings is 1. The Morgan fingerprint density at radius 3 is 2.57 bits per heavy atom. The molecule has 0 aromatic heterocycles. The molecule has 2 N–H and O–H groups in total. The van der Waals surface area contributed by atoms with Crippen LogP contribution >= 0.6 is 15.9 Å². The number of nitrogens with one attached hydrogen (secondary N) is 1. The van der Waals surface area contributed by atoms with Crippen molar-refractivity contribution in [2.75, 3.05) is 26.2 Å². The Kier molecular flexibility index (Phi) is 4.82. The van der Waals surface area contributed by atoms with Crippen LogP contribution in [-0.4, -0.2) is 36.2 Å². The van der Waals surface area contributed by atoms with E-state index >= 15 is 0 Å². The summed E-state index contributed by atoms with van der Waals surface area (Å²) in [6.07, 6.45) is 4.67. The number of hydrogen-bond acceptors (Lipinski definition) is 3. The van der Waals surface area contributed by atoms with Gasteiger partial charge in [0.1, 0.15) is 11.6 Å². The molecule has 1 heterocycles. The lowest BCUT2D eigenvalue weighted by Crippen LogP contribution is -2.47. The SMILES string of the molecule is Oc1c(Br)ccc(F)c1[C@@H](C1CCCC1)N1CCNCC1. The monoisotopic (exact) mass is 356 g/mol. The normalized spacial score (nSPS) is 22.6. The van der Waals surface area contributed by atoms with E-state index < -0.39 is 0 Å². The summed E-state index contributed by atoms with van der Waals surface area (Å²) in [7, 11) is 0. The second-order valence-electron chi connectivity index (χ2n) is 6.07. The molecule has 21 heavy (non-hydrogen) atoms. The molecule has 3 rings (SSSR count). The van der Waals surface area contributed by atoms with Gasteiger partial charge >= 0.3 is 0 Å². The van der Waals surface area contributed by atoms with E-state index in [1.807, 2.05) is 0 Å². The summed E-state index contributed by atoms with van der Waals surface area (Å²) in [6, 6.07) is 3.04. The quantitative estimate of drug-likeness (QED) is 0.870. The van der Waals surface area contributed by atoms with Crippen LogP contribution in [0.1, 0.15) is 37.3 Å². The fourth-order valence-electron chi connectivity index (χ4n) is 3.79. The summed E-state index contributed by atoms with van der Waals surface area (Å²) >= 11 is 3.33. The van der Waals surface area contributed by atoms with E-state index in [4.69, 9.17) is 0 Å². The van der Waals surface area contributed by atoms with Gasteiger partial charge in [-0.15, -0.1) is 0 Å². The van der Waals surface area contributed by atoms with Crippen molar-refractivity contribution in [3.8, 4) is 5.75 Å². The number of nitrogens with zero attached hydrogens (tertiary/aromatic N) is 1. The smallest absolute Gasteiger partial charge is 0.137 e. The molecule has 1 aliphatic heterocycles. The maximum absolute atomic E-state index is 14.5. The minimum atomic E-state index is -0.286. The van der Waals surface area contributed by atoms with E-state index in [9.17, 15) is 9.50 Å². The van der Waals surface area contributed by atoms with Gasteiger partial charge in [-0.25, -0.2) is 4.39 Å². The Balaban J connectivity index is 1.99. The molecule has 0 spiro atoms. The van der Waals surface area contributed by atoms with Crippen molar-refractivity contribution in [2.24, 2.45) is 5.92 Å². The van der Waals surface area contributed by atoms with Crippen LogP contribution in [0.25, 0.3) is 0 Å². The summed E-state index contributed by atoms with van der Waals surface area (Å²) in [4.78, 5) is 2.34. The van der Waals surface area contributed by atoms with Crippen molar-refractivity contribution >= 4 is 15.9 Å². The Morgan fingerprint density at radius 1 is 1.24 bits per heavy atom. The summed E-state index contributed by atoms with van der Waals surface area (Å²) in [5, 5.41) is 13.8. The zero-order valence-corrected chi connectivity index (χ0v) is 13.7. The highest BCUT2D eigenvalue weighted by Crippen LogP contribution is 2.45. The van der Waals surface area contributed by atoms with Gasteiger partial charge in [-0.05, 0) is 46.8 Å². The van der Waals surface area contributed by atoms with Crippen molar-refractivity contribution in [3.63, 3.8) is 0 Å². The molecule has 116 valence electrons. The average molecular weight is 357 g/mol. The Labute approximate surface area is 133 Å². The van der Waals surface area contributed by atoms with Gasteiger partial charge in [0.05, 0.1) is 4.47 Å². The Hall–Kier alpha value is -0.650. The third-order valence-electron chi connectivity index (χ3n) is 4.80. The molecule has 3 nitrogen and oxygen atoms in total. The Bertz CT molecular complexity index is 499.